The van der Waals surface area contributed by atoms with Gasteiger partial charge < -0.3 is 9.67 Å². The van der Waals surface area contributed by atoms with Gasteiger partial charge in [0.15, 0.2) is 0 Å². The molecular weight excluding hydrogens is 230 g/mol. The first-order valence-electron chi connectivity index (χ1n) is 6.18. The van der Waals surface area contributed by atoms with E-state index in [1.54, 1.807) is 11.3 Å². The Labute approximate surface area is 106 Å². The van der Waals surface area contributed by atoms with Crippen molar-refractivity contribution < 1.29 is 5.11 Å². The lowest BCUT2D eigenvalue weighted by atomic mass is 10.1. The number of aryl methyl sites for hydroxylation is 2. The van der Waals surface area contributed by atoms with Crippen molar-refractivity contribution >= 4 is 11.3 Å². The third-order valence-electron chi connectivity index (χ3n) is 3.42. The molecule has 3 heteroatoms. The maximum Gasteiger partial charge on any atom is 0.0832 e. The first-order valence-corrected chi connectivity index (χ1v) is 7.12. The van der Waals surface area contributed by atoms with Crippen molar-refractivity contribution in [1.82, 2.24) is 4.57 Å². The van der Waals surface area contributed by atoms with Gasteiger partial charge in [-0.2, -0.15) is 11.3 Å². The van der Waals surface area contributed by atoms with Crippen LogP contribution in [0.2, 0.25) is 0 Å². The van der Waals surface area contributed by atoms with E-state index in [4.69, 9.17) is 0 Å². The number of hydrogen-bond donors (Lipinski definition) is 1. The third kappa shape index (κ3) is 2.61. The van der Waals surface area contributed by atoms with Gasteiger partial charge in [-0.25, -0.2) is 0 Å². The molecule has 0 aliphatic heterocycles. The maximum atomic E-state index is 10.0. The van der Waals surface area contributed by atoms with Crippen molar-refractivity contribution in [2.45, 2.75) is 31.9 Å². The molecule has 1 N–H and O–H groups in total. The van der Waals surface area contributed by atoms with Crippen LogP contribution in [0.15, 0.2) is 35.3 Å². The van der Waals surface area contributed by atoms with Crippen LogP contribution in [0.25, 0.3) is 0 Å². The zero-order chi connectivity index (χ0) is 11.7. The van der Waals surface area contributed by atoms with Gasteiger partial charge in [-0.05, 0) is 59.2 Å². The van der Waals surface area contributed by atoms with Crippen molar-refractivity contribution in [1.29, 1.82) is 0 Å². The van der Waals surface area contributed by atoms with Gasteiger partial charge in [-0.15, -0.1) is 0 Å². The van der Waals surface area contributed by atoms with Crippen LogP contribution in [-0.2, 0) is 13.0 Å². The minimum atomic E-state index is -0.239. The topological polar surface area (TPSA) is 25.2 Å². The molecule has 0 bridgehead atoms. The second-order valence-electron chi connectivity index (χ2n) is 4.85. The number of aliphatic hydroxyl groups excluding tert-OH is 1. The van der Waals surface area contributed by atoms with Gasteiger partial charge in [-0.1, -0.05) is 0 Å². The molecule has 0 spiro atoms. The highest BCUT2D eigenvalue weighted by molar-refractivity contribution is 7.07. The molecule has 1 saturated carbocycles. The molecule has 0 aromatic carbocycles. The van der Waals surface area contributed by atoms with E-state index in [1.807, 2.05) is 0 Å². The van der Waals surface area contributed by atoms with Crippen molar-refractivity contribution in [3.05, 3.63) is 46.4 Å². The van der Waals surface area contributed by atoms with Gasteiger partial charge in [0.1, 0.15) is 0 Å². The molecule has 1 unspecified atom stereocenters. The number of nitrogens with zero attached hydrogens (tertiary/aromatic N) is 1. The summed E-state index contributed by atoms with van der Waals surface area (Å²) < 4.78 is 2.18. The van der Waals surface area contributed by atoms with Crippen molar-refractivity contribution in [3.63, 3.8) is 0 Å². The van der Waals surface area contributed by atoms with E-state index in [-0.39, 0.29) is 6.10 Å². The molecule has 1 aliphatic rings. The molecule has 0 radical (unpaired) electrons. The average Bonchev–Trinajstić information content (AvgIpc) is 2.88. The van der Waals surface area contributed by atoms with Crippen LogP contribution in [0.1, 0.15) is 30.1 Å². The lowest BCUT2D eigenvalue weighted by Gasteiger charge is -2.06. The number of thiophene rings is 1. The molecule has 2 heterocycles. The standard InChI is InChI=1S/C14H17NOS/c16-14(12-1-2-12)13-4-7-15(9-13)6-3-11-5-8-17-10-11/h4-5,7-10,12,14,16H,1-3,6H2. The number of aromatic nitrogens is 1. The van der Waals surface area contributed by atoms with E-state index in [9.17, 15) is 5.11 Å². The highest BCUT2D eigenvalue weighted by Crippen LogP contribution is 2.40. The molecule has 90 valence electrons. The molecular formula is C14H17NOS. The monoisotopic (exact) mass is 247 g/mol. The lowest BCUT2D eigenvalue weighted by Crippen LogP contribution is -2.00. The Kier molecular flexibility index (Phi) is 3.04. The molecule has 17 heavy (non-hydrogen) atoms. The Morgan fingerprint density at radius 1 is 1.41 bits per heavy atom. The summed E-state index contributed by atoms with van der Waals surface area (Å²) in [6.45, 7) is 0.994. The maximum absolute atomic E-state index is 10.0. The Bertz CT molecular complexity index is 470. The normalized spacial score (nSPS) is 17.2. The molecule has 3 rings (SSSR count). The average molecular weight is 247 g/mol. The van der Waals surface area contributed by atoms with E-state index in [0.29, 0.717) is 5.92 Å². The SMILES string of the molecule is OC(c1ccn(CCc2ccsc2)c1)C1CC1. The minimum Gasteiger partial charge on any atom is -0.388 e. The zero-order valence-corrected chi connectivity index (χ0v) is 10.6. The quantitative estimate of drug-likeness (QED) is 0.862. The second kappa shape index (κ2) is 4.67. The van der Waals surface area contributed by atoms with Crippen LogP contribution in [0.4, 0.5) is 0 Å². The van der Waals surface area contributed by atoms with Crippen molar-refractivity contribution in [2.75, 3.05) is 0 Å². The first kappa shape index (κ1) is 11.1. The summed E-state index contributed by atoms with van der Waals surface area (Å²) in [5, 5.41) is 14.3. The smallest absolute Gasteiger partial charge is 0.0832 e. The van der Waals surface area contributed by atoms with E-state index in [2.05, 4.69) is 39.9 Å². The van der Waals surface area contributed by atoms with Crippen molar-refractivity contribution in [2.24, 2.45) is 5.92 Å². The Hall–Kier alpha value is -1.06. The van der Waals surface area contributed by atoms with Crippen molar-refractivity contribution in [3.8, 4) is 0 Å². The lowest BCUT2D eigenvalue weighted by molar-refractivity contribution is 0.154. The Morgan fingerprint density at radius 2 is 2.29 bits per heavy atom. The molecule has 2 aromatic heterocycles. The highest BCUT2D eigenvalue weighted by atomic mass is 32.1. The van der Waals surface area contributed by atoms with Crippen LogP contribution < -0.4 is 0 Å². The summed E-state index contributed by atoms with van der Waals surface area (Å²) in [4.78, 5) is 0. The third-order valence-corrected chi connectivity index (χ3v) is 4.15. The first-order chi connectivity index (χ1) is 8.33. The summed E-state index contributed by atoms with van der Waals surface area (Å²) in [5.41, 5.74) is 2.48. The van der Waals surface area contributed by atoms with Crippen LogP contribution in [0.3, 0.4) is 0 Å². The number of aliphatic hydroxyl groups is 1. The zero-order valence-electron chi connectivity index (χ0n) is 9.75. The summed E-state index contributed by atoms with van der Waals surface area (Å²) in [6.07, 6.45) is 7.36. The molecule has 2 aromatic rings. The van der Waals surface area contributed by atoms with E-state index >= 15 is 0 Å². The van der Waals surface area contributed by atoms with Crippen LogP contribution in [0.5, 0.6) is 0 Å². The summed E-state index contributed by atoms with van der Waals surface area (Å²) in [7, 11) is 0. The fraction of sp³-hybridized carbons (Fsp3) is 0.429. The molecule has 1 fully saturated rings. The van der Waals surface area contributed by atoms with Gasteiger partial charge in [0, 0.05) is 18.9 Å². The fourth-order valence-corrected chi connectivity index (χ4v) is 2.85. The van der Waals surface area contributed by atoms with Crippen LogP contribution >= 0.6 is 11.3 Å². The molecule has 1 atom stereocenters. The molecule has 0 saturated heterocycles. The predicted molar refractivity (Wildman–Crippen MR) is 70.1 cm³/mol. The largest absolute Gasteiger partial charge is 0.388 e. The molecule has 1 aliphatic carbocycles. The van der Waals surface area contributed by atoms with E-state index < -0.39 is 0 Å². The predicted octanol–water partition coefficient (Wildman–Crippen LogP) is 3.24. The number of hydrogen-bond acceptors (Lipinski definition) is 2. The van der Waals surface area contributed by atoms with Gasteiger partial charge in [0.05, 0.1) is 6.10 Å². The Balaban J connectivity index is 1.60. The van der Waals surface area contributed by atoms with Gasteiger partial charge in [0.25, 0.3) is 0 Å². The molecule has 2 nitrogen and oxygen atoms in total. The fourth-order valence-electron chi connectivity index (χ4n) is 2.15. The minimum absolute atomic E-state index is 0.239. The highest BCUT2D eigenvalue weighted by Gasteiger charge is 2.31. The van der Waals surface area contributed by atoms with Gasteiger partial charge in [0.2, 0.25) is 0 Å². The summed E-state index contributed by atoms with van der Waals surface area (Å²) in [5.74, 6) is 0.516. The van der Waals surface area contributed by atoms with Crippen LogP contribution in [0, 0.1) is 5.92 Å². The Morgan fingerprint density at radius 3 is 3.00 bits per heavy atom. The summed E-state index contributed by atoms with van der Waals surface area (Å²) >= 11 is 1.75. The van der Waals surface area contributed by atoms with E-state index in [1.165, 1.54) is 18.4 Å². The molecule has 0 amide bonds. The van der Waals surface area contributed by atoms with Gasteiger partial charge in [-0.3, -0.25) is 0 Å². The van der Waals surface area contributed by atoms with Crippen LogP contribution in [-0.4, -0.2) is 9.67 Å². The summed E-state index contributed by atoms with van der Waals surface area (Å²) in [6, 6.07) is 4.23. The van der Waals surface area contributed by atoms with Gasteiger partial charge >= 0.3 is 0 Å². The number of rotatable bonds is 5. The van der Waals surface area contributed by atoms with E-state index in [0.717, 1.165) is 18.5 Å². The second-order valence-corrected chi connectivity index (χ2v) is 5.63.